The second-order valence-corrected chi connectivity index (χ2v) is 2.47. The molecule has 0 aliphatic carbocycles. The van der Waals surface area contributed by atoms with E-state index in [9.17, 15) is 0 Å². The Morgan fingerprint density at radius 1 is 0.875 bits per heavy atom. The molecule has 0 unspecified atom stereocenters. The molecule has 0 aromatic heterocycles. The first-order chi connectivity index (χ1) is 2.00. The molecular weight excluding hydrogens is 513 g/mol. The molecule has 4 N–H and O–H groups in total. The molecule has 0 rings (SSSR count). The van der Waals surface area contributed by atoms with Crippen molar-refractivity contribution >= 4 is 27.3 Å². The van der Waals surface area contributed by atoms with Crippen molar-refractivity contribution in [1.29, 1.82) is 0 Å². The van der Waals surface area contributed by atoms with E-state index < -0.39 is 18.1 Å². The Hall–Kier alpha value is 3.19. The summed E-state index contributed by atoms with van der Waals surface area (Å²) in [4.78, 5) is 0. The maximum absolute atomic E-state index is 7.38. The summed E-state index contributed by atoms with van der Waals surface area (Å²) in [6.45, 7) is 0. The van der Waals surface area contributed by atoms with Crippen molar-refractivity contribution in [2.24, 2.45) is 0 Å². The molecule has 8 heteroatoms. The Morgan fingerprint density at radius 3 is 0.875 bits per heavy atom. The van der Waals surface area contributed by atoms with Crippen LogP contribution in [-0.2, 0) is 35.2 Å². The molecule has 0 aliphatic heterocycles. The SMILES string of the molecule is [La].[Mn].[OH][Ti]([OH])([OH])[OH].[PbH2]. The molecular formula is H6LaMnO4PbTi. The van der Waals surface area contributed by atoms with E-state index in [0.29, 0.717) is 0 Å². The average Bonchev–Trinajstić information content (AvgIpc) is 0.722. The van der Waals surface area contributed by atoms with Crippen LogP contribution < -0.4 is 0 Å². The van der Waals surface area contributed by atoms with E-state index in [-0.39, 0.29) is 80.0 Å². The second-order valence-electron chi connectivity index (χ2n) is 0.600. The maximum atomic E-state index is 7.38. The first-order valence-electron chi connectivity index (χ1n) is 0.894. The van der Waals surface area contributed by atoms with Gasteiger partial charge in [0.1, 0.15) is 0 Å². The minimum absolute atomic E-state index is 0. The third-order valence-corrected chi connectivity index (χ3v) is 0. The fraction of sp³-hybridized carbons (Fsp3) is 0. The van der Waals surface area contributed by atoms with E-state index in [1.54, 1.807) is 0 Å². The first kappa shape index (κ1) is 22.5. The van der Waals surface area contributed by atoms with Crippen molar-refractivity contribution in [3.05, 3.63) is 0 Å². The van der Waals surface area contributed by atoms with Crippen molar-refractivity contribution < 1.29 is 85.6 Å². The molecule has 4 nitrogen and oxygen atoms in total. The average molecular weight is 519 g/mol. The third kappa shape index (κ3) is 60.6. The van der Waals surface area contributed by atoms with Crippen LogP contribution in [0.5, 0.6) is 0 Å². The van der Waals surface area contributed by atoms with Gasteiger partial charge < -0.3 is 0 Å². The van der Waals surface area contributed by atoms with E-state index >= 15 is 0 Å². The molecule has 0 aromatic carbocycles. The van der Waals surface area contributed by atoms with Crippen LogP contribution in [0.2, 0.25) is 0 Å². The molecule has 0 aromatic rings. The van der Waals surface area contributed by atoms with Gasteiger partial charge in [-0.05, 0) is 0 Å². The van der Waals surface area contributed by atoms with Crippen molar-refractivity contribution in [2.75, 3.05) is 0 Å². The van der Waals surface area contributed by atoms with Crippen molar-refractivity contribution in [1.82, 2.24) is 0 Å². The summed E-state index contributed by atoms with van der Waals surface area (Å²) in [6, 6.07) is 0. The first-order valence-corrected chi connectivity index (χ1v) is 3.69. The van der Waals surface area contributed by atoms with Crippen molar-refractivity contribution in [2.45, 2.75) is 0 Å². The predicted molar refractivity (Wildman–Crippen MR) is 17.4 cm³/mol. The van der Waals surface area contributed by atoms with Crippen LogP contribution in [-0.4, -0.2) is 42.1 Å². The Labute approximate surface area is 111 Å². The quantitative estimate of drug-likeness (QED) is 0.256. The Balaban J connectivity index is -0.0000000267. The molecule has 0 saturated heterocycles. The van der Waals surface area contributed by atoms with E-state index in [4.69, 9.17) is 14.8 Å². The summed E-state index contributed by atoms with van der Waals surface area (Å²) in [5, 5.41) is 0. The van der Waals surface area contributed by atoms with Crippen LogP contribution in [0.4, 0.5) is 0 Å². The molecule has 48 valence electrons. The van der Waals surface area contributed by atoms with Crippen LogP contribution in [0.3, 0.4) is 0 Å². The Bertz CT molecular complexity index is 31.5. The number of hydrogen-bond donors (Lipinski definition) is 4. The molecule has 0 aliphatic rings. The molecule has 4 radical (unpaired) electrons. The van der Waals surface area contributed by atoms with Gasteiger partial charge in [-0.1, -0.05) is 0 Å². The van der Waals surface area contributed by atoms with Crippen LogP contribution in [0.15, 0.2) is 0 Å². The standard InChI is InChI=1S/La.Mn.4H2O.Pb.Ti.2H/h;;4*1H2;;;;/q;;;;;;;+4;;/p-4. The van der Waals surface area contributed by atoms with E-state index in [1.165, 1.54) is 0 Å². The Morgan fingerprint density at radius 2 is 0.875 bits per heavy atom. The van der Waals surface area contributed by atoms with Gasteiger partial charge in [-0.2, -0.15) is 0 Å². The van der Waals surface area contributed by atoms with Gasteiger partial charge in [0.25, 0.3) is 0 Å². The molecule has 0 atom stereocenters. The van der Waals surface area contributed by atoms with Gasteiger partial charge in [-0.15, -0.1) is 0 Å². The molecule has 0 spiro atoms. The summed E-state index contributed by atoms with van der Waals surface area (Å²) in [5.41, 5.74) is 0. The van der Waals surface area contributed by atoms with Gasteiger partial charge in [-0.25, -0.2) is 0 Å². The minimum atomic E-state index is -5.00. The van der Waals surface area contributed by atoms with Gasteiger partial charge in [0.05, 0.1) is 0 Å². The molecule has 0 fully saturated rings. The fourth-order valence-electron chi connectivity index (χ4n) is 0. The number of hydrogen-bond acceptors (Lipinski definition) is 4. The molecule has 8 heavy (non-hydrogen) atoms. The van der Waals surface area contributed by atoms with Crippen LogP contribution >= 0.6 is 0 Å². The van der Waals surface area contributed by atoms with Gasteiger partial charge in [0, 0.05) is 52.7 Å². The van der Waals surface area contributed by atoms with E-state index in [2.05, 4.69) is 0 Å². The zero-order valence-corrected chi connectivity index (χ0v) is 15.8. The molecule has 0 heterocycles. The zero-order valence-electron chi connectivity index (χ0n) is 3.95. The zero-order chi connectivity index (χ0) is 4.50. The van der Waals surface area contributed by atoms with Gasteiger partial charge >= 0.3 is 60.2 Å². The van der Waals surface area contributed by atoms with Crippen LogP contribution in [0.1, 0.15) is 0 Å². The van der Waals surface area contributed by atoms with Crippen LogP contribution in [0, 0.1) is 35.6 Å². The van der Waals surface area contributed by atoms with Crippen molar-refractivity contribution in [3.8, 4) is 0 Å². The third-order valence-electron chi connectivity index (χ3n) is 0. The van der Waals surface area contributed by atoms with E-state index in [0.717, 1.165) is 0 Å². The summed E-state index contributed by atoms with van der Waals surface area (Å²) in [6.07, 6.45) is 0. The fourth-order valence-corrected chi connectivity index (χ4v) is 0. The molecule has 0 saturated carbocycles. The predicted octanol–water partition coefficient (Wildman–Crippen LogP) is -3.15. The summed E-state index contributed by atoms with van der Waals surface area (Å²) < 4.78 is 29.5. The topological polar surface area (TPSA) is 80.9 Å². The molecule has 0 bridgehead atoms. The summed E-state index contributed by atoms with van der Waals surface area (Å²) in [5.74, 6) is 0. The summed E-state index contributed by atoms with van der Waals surface area (Å²) >= 11 is -5.00. The second kappa shape index (κ2) is 10.2. The van der Waals surface area contributed by atoms with Gasteiger partial charge in [0.15, 0.2) is 0 Å². The van der Waals surface area contributed by atoms with E-state index in [1.807, 2.05) is 0 Å². The van der Waals surface area contributed by atoms with Crippen LogP contribution in [0.25, 0.3) is 0 Å². The monoisotopic (exact) mass is 520 g/mol. The normalized spacial score (nSPS) is 7.50. The van der Waals surface area contributed by atoms with Gasteiger partial charge in [-0.3, -0.25) is 0 Å². The van der Waals surface area contributed by atoms with Gasteiger partial charge in [0.2, 0.25) is 0 Å². The number of rotatable bonds is 0. The Kier molecular flexibility index (Phi) is 28.6. The molecule has 0 amide bonds. The summed E-state index contributed by atoms with van der Waals surface area (Å²) in [7, 11) is 0. The van der Waals surface area contributed by atoms with Crippen molar-refractivity contribution in [3.63, 3.8) is 0 Å².